The molecule has 0 heterocycles. The molecule has 0 fully saturated rings. The molecule has 0 bridgehead atoms. The Hall–Kier alpha value is -1.53. The smallest absolute Gasteiger partial charge is 0.150 e. The predicted octanol–water partition coefficient (Wildman–Crippen LogP) is 1.33. The maximum Gasteiger partial charge on any atom is 0.150 e. The van der Waals surface area contributed by atoms with Crippen molar-refractivity contribution in [3.63, 3.8) is 0 Å². The standard InChI is InChI=1S/C15H24FNO7.C3H9N.2C2H6/c1-17(16)6-7-23-12(8-18)14(21)15(22)13(9-19)24-11-4-2-10(20)3-5-11;1-3-4-2;2*1-2/h2-5,12-15,18-22H,6-9H2,1H3;4H,3H2,1-2H3;2*1-2H3. The third-order valence-electron chi connectivity index (χ3n) is 3.68. The summed E-state index contributed by atoms with van der Waals surface area (Å²) in [5, 5.41) is 51.4. The number of aromatic hydroxyl groups is 1. The van der Waals surface area contributed by atoms with Crippen LogP contribution in [0.4, 0.5) is 4.48 Å². The maximum atomic E-state index is 12.6. The van der Waals surface area contributed by atoms with Gasteiger partial charge in [0.05, 0.1) is 26.4 Å². The second kappa shape index (κ2) is 24.1. The number of ether oxygens (including phenoxy) is 2. The monoisotopic (exact) mass is 468 g/mol. The van der Waals surface area contributed by atoms with Gasteiger partial charge in [-0.05, 0) is 37.9 Å². The number of hydrogen-bond acceptors (Lipinski definition) is 9. The molecule has 0 saturated heterocycles. The van der Waals surface area contributed by atoms with Crippen molar-refractivity contribution in [1.82, 2.24) is 10.4 Å². The SMILES string of the molecule is CC.CC.CCNC.CN(F)CCOC(CO)C(O)C(O)C(CO)Oc1ccc(O)cc1. The zero-order valence-corrected chi connectivity index (χ0v) is 20.5. The molecule has 9 nitrogen and oxygen atoms in total. The Morgan fingerprint density at radius 2 is 1.41 bits per heavy atom. The maximum absolute atomic E-state index is 12.6. The summed E-state index contributed by atoms with van der Waals surface area (Å²) in [5.41, 5.74) is 0. The summed E-state index contributed by atoms with van der Waals surface area (Å²) in [6.07, 6.45) is -5.48. The van der Waals surface area contributed by atoms with Crippen LogP contribution >= 0.6 is 0 Å². The molecule has 0 spiro atoms. The third-order valence-corrected chi connectivity index (χ3v) is 3.68. The summed E-state index contributed by atoms with van der Waals surface area (Å²) >= 11 is 0. The average Bonchev–Trinajstić information content (AvgIpc) is 2.83. The number of phenols is 1. The highest BCUT2D eigenvalue weighted by molar-refractivity contribution is 5.30. The highest BCUT2D eigenvalue weighted by atomic mass is 19.2. The Morgan fingerprint density at radius 3 is 1.78 bits per heavy atom. The zero-order chi connectivity index (χ0) is 25.5. The molecule has 0 saturated carbocycles. The summed E-state index contributed by atoms with van der Waals surface area (Å²) in [5.74, 6) is 0.286. The lowest BCUT2D eigenvalue weighted by Gasteiger charge is -2.30. The van der Waals surface area contributed by atoms with Gasteiger partial charge in [-0.1, -0.05) is 34.6 Å². The van der Waals surface area contributed by atoms with Gasteiger partial charge in [-0.2, -0.15) is 0 Å². The first-order valence-electron chi connectivity index (χ1n) is 11.0. The number of nitrogens with zero attached hydrogens (tertiary/aromatic N) is 1. The van der Waals surface area contributed by atoms with Crippen molar-refractivity contribution in [3.8, 4) is 11.5 Å². The van der Waals surface area contributed by atoms with Gasteiger partial charge in [0.15, 0.2) is 6.10 Å². The topological polar surface area (TPSA) is 135 Å². The molecule has 4 atom stereocenters. The lowest BCUT2D eigenvalue weighted by atomic mass is 10.0. The quantitative estimate of drug-likeness (QED) is 0.251. The fourth-order valence-electron chi connectivity index (χ4n) is 1.94. The fraction of sp³-hybridized carbons (Fsp3) is 0.727. The number of rotatable bonds is 12. The van der Waals surface area contributed by atoms with E-state index in [-0.39, 0.29) is 24.7 Å². The molecule has 192 valence electrons. The first-order valence-corrected chi connectivity index (χ1v) is 11.0. The van der Waals surface area contributed by atoms with Crippen molar-refractivity contribution in [2.75, 3.05) is 47.0 Å². The van der Waals surface area contributed by atoms with Crippen LogP contribution in [0, 0.1) is 0 Å². The van der Waals surface area contributed by atoms with E-state index in [1.807, 2.05) is 34.7 Å². The largest absolute Gasteiger partial charge is 0.508 e. The Kier molecular flexibility index (Phi) is 26.4. The molecule has 1 aromatic rings. The van der Waals surface area contributed by atoms with Gasteiger partial charge in [-0.25, -0.2) is 0 Å². The van der Waals surface area contributed by atoms with Crippen molar-refractivity contribution < 1.29 is 39.5 Å². The van der Waals surface area contributed by atoms with Crippen LogP contribution in [0.3, 0.4) is 0 Å². The Bertz CT molecular complexity index is 494. The van der Waals surface area contributed by atoms with Crippen LogP contribution in [-0.2, 0) is 4.74 Å². The van der Waals surface area contributed by atoms with Crippen LogP contribution in [0.5, 0.6) is 11.5 Å². The van der Waals surface area contributed by atoms with E-state index < -0.39 is 37.6 Å². The van der Waals surface area contributed by atoms with Crippen LogP contribution in [-0.4, -0.2) is 102 Å². The first kappa shape index (κ1) is 35.1. The fourth-order valence-corrected chi connectivity index (χ4v) is 1.94. The van der Waals surface area contributed by atoms with Gasteiger partial charge < -0.3 is 40.3 Å². The van der Waals surface area contributed by atoms with Crippen LogP contribution in [0.25, 0.3) is 0 Å². The van der Waals surface area contributed by atoms with E-state index in [2.05, 4.69) is 12.2 Å². The Balaban J connectivity index is -0.000000920. The minimum Gasteiger partial charge on any atom is -0.508 e. The highest BCUT2D eigenvalue weighted by Crippen LogP contribution is 2.19. The summed E-state index contributed by atoms with van der Waals surface area (Å²) in [6.45, 7) is 9.74. The van der Waals surface area contributed by atoms with E-state index in [0.29, 0.717) is 5.12 Å². The third kappa shape index (κ3) is 17.1. The van der Waals surface area contributed by atoms with Crippen LogP contribution in [0.15, 0.2) is 24.3 Å². The second-order valence-electron chi connectivity index (χ2n) is 5.94. The highest BCUT2D eigenvalue weighted by Gasteiger charge is 2.33. The van der Waals surface area contributed by atoms with Crippen molar-refractivity contribution >= 4 is 0 Å². The number of benzene rings is 1. The van der Waals surface area contributed by atoms with Crippen molar-refractivity contribution in [2.24, 2.45) is 0 Å². The molecule has 0 radical (unpaired) electrons. The molecule has 1 aromatic carbocycles. The number of phenolic OH excluding ortho intramolecular Hbond substituents is 1. The molecule has 4 unspecified atom stereocenters. The Labute approximate surface area is 192 Å². The van der Waals surface area contributed by atoms with E-state index >= 15 is 0 Å². The second-order valence-corrected chi connectivity index (χ2v) is 5.94. The van der Waals surface area contributed by atoms with E-state index in [0.717, 1.165) is 6.54 Å². The molecule has 0 aliphatic carbocycles. The summed E-state index contributed by atoms with van der Waals surface area (Å²) < 4.78 is 23.1. The van der Waals surface area contributed by atoms with Crippen molar-refractivity contribution in [3.05, 3.63) is 24.3 Å². The number of aliphatic hydroxyl groups is 4. The van der Waals surface area contributed by atoms with Gasteiger partial charge in [0.25, 0.3) is 0 Å². The van der Waals surface area contributed by atoms with Gasteiger partial charge in [0.1, 0.15) is 29.8 Å². The minimum atomic E-state index is -1.57. The van der Waals surface area contributed by atoms with E-state index in [1.165, 1.54) is 31.3 Å². The molecular weight excluding hydrogens is 423 g/mol. The number of nitrogens with one attached hydrogen (secondary N) is 1. The van der Waals surface area contributed by atoms with Gasteiger partial charge >= 0.3 is 0 Å². The molecule has 0 aliphatic heterocycles. The van der Waals surface area contributed by atoms with E-state index in [9.17, 15) is 30.0 Å². The molecule has 1 rings (SSSR count). The van der Waals surface area contributed by atoms with Crippen molar-refractivity contribution in [2.45, 2.75) is 59.0 Å². The minimum absolute atomic E-state index is 0.0232. The van der Waals surface area contributed by atoms with Gasteiger partial charge in [-0.3, -0.25) is 0 Å². The lowest BCUT2D eigenvalue weighted by Crippen LogP contribution is -2.50. The van der Waals surface area contributed by atoms with Gasteiger partial charge in [-0.15, -0.1) is 9.60 Å². The molecule has 10 heteroatoms. The summed E-state index contributed by atoms with van der Waals surface area (Å²) in [7, 11) is 3.12. The number of likely N-dealkylation sites (N-methyl/N-ethyl adjacent to an activating group) is 1. The first-order chi connectivity index (χ1) is 15.3. The van der Waals surface area contributed by atoms with Gasteiger partial charge in [0, 0.05) is 7.05 Å². The predicted molar refractivity (Wildman–Crippen MR) is 124 cm³/mol. The van der Waals surface area contributed by atoms with E-state index in [4.69, 9.17) is 9.47 Å². The summed E-state index contributed by atoms with van der Waals surface area (Å²) in [6, 6.07) is 5.57. The van der Waals surface area contributed by atoms with E-state index in [1.54, 1.807) is 0 Å². The summed E-state index contributed by atoms with van der Waals surface area (Å²) in [4.78, 5) is 0. The van der Waals surface area contributed by atoms with Crippen LogP contribution in [0.1, 0.15) is 34.6 Å². The molecule has 32 heavy (non-hydrogen) atoms. The molecule has 6 N–H and O–H groups in total. The molecule has 0 amide bonds. The lowest BCUT2D eigenvalue weighted by molar-refractivity contribution is -0.140. The molecular formula is C22H45FN2O7. The van der Waals surface area contributed by atoms with Crippen molar-refractivity contribution in [1.29, 1.82) is 0 Å². The van der Waals surface area contributed by atoms with Crippen LogP contribution in [0.2, 0.25) is 0 Å². The van der Waals surface area contributed by atoms with Crippen LogP contribution < -0.4 is 10.1 Å². The number of hydrogen-bond donors (Lipinski definition) is 6. The Morgan fingerprint density at radius 1 is 0.969 bits per heavy atom. The average molecular weight is 469 g/mol. The zero-order valence-electron chi connectivity index (χ0n) is 20.5. The molecule has 0 aromatic heterocycles. The number of halogens is 1. The number of aliphatic hydroxyl groups excluding tert-OH is 4. The molecule has 0 aliphatic rings. The van der Waals surface area contributed by atoms with Gasteiger partial charge in [0.2, 0.25) is 0 Å². The normalized spacial score (nSPS) is 13.8.